The zero-order valence-corrected chi connectivity index (χ0v) is 16.5. The van der Waals surface area contributed by atoms with E-state index in [-0.39, 0.29) is 18.2 Å². The van der Waals surface area contributed by atoms with E-state index in [0.717, 1.165) is 16.4 Å². The van der Waals surface area contributed by atoms with Gasteiger partial charge in [0.2, 0.25) is 5.91 Å². The summed E-state index contributed by atoms with van der Waals surface area (Å²) >= 11 is 3.37. The van der Waals surface area contributed by atoms with Gasteiger partial charge in [-0.05, 0) is 55.3 Å². The number of imide groups is 1. The Morgan fingerprint density at radius 2 is 1.96 bits per heavy atom. The Hall–Kier alpha value is -2.44. The summed E-state index contributed by atoms with van der Waals surface area (Å²) in [6.45, 7) is 2.72. The summed E-state index contributed by atoms with van der Waals surface area (Å²) in [5, 5.41) is 4.47. The fourth-order valence-corrected chi connectivity index (χ4v) is 3.80. The number of H-pyrrole nitrogens is 1. The molecule has 138 valence electrons. The first-order valence-electron chi connectivity index (χ1n) is 8.95. The van der Waals surface area contributed by atoms with Gasteiger partial charge in [-0.3, -0.25) is 9.59 Å². The van der Waals surface area contributed by atoms with E-state index in [0.29, 0.717) is 12.2 Å². The molecule has 3 aromatic rings. The van der Waals surface area contributed by atoms with Crippen molar-refractivity contribution in [3.63, 3.8) is 0 Å². The summed E-state index contributed by atoms with van der Waals surface area (Å²) in [6.07, 6.45) is 3.00. The molecule has 0 radical (unpaired) electrons. The van der Waals surface area contributed by atoms with Crippen molar-refractivity contribution in [1.29, 1.82) is 0 Å². The molecule has 27 heavy (non-hydrogen) atoms. The topological polar surface area (TPSA) is 65.2 Å². The van der Waals surface area contributed by atoms with Crippen LogP contribution in [0, 0.1) is 6.92 Å². The highest BCUT2D eigenvalue weighted by atomic mass is 79.9. The summed E-state index contributed by atoms with van der Waals surface area (Å²) in [7, 11) is 0. The number of aromatic amines is 1. The van der Waals surface area contributed by atoms with Crippen LogP contribution in [0.5, 0.6) is 0 Å². The van der Waals surface area contributed by atoms with Gasteiger partial charge in [0.15, 0.2) is 0 Å². The maximum Gasteiger partial charge on any atom is 0.251 e. The number of fused-ring (bicyclic) bond motifs is 1. The van der Waals surface area contributed by atoms with Gasteiger partial charge in [-0.25, -0.2) is 4.90 Å². The Morgan fingerprint density at radius 3 is 2.74 bits per heavy atom. The Labute approximate surface area is 165 Å². The van der Waals surface area contributed by atoms with Gasteiger partial charge in [0.05, 0.1) is 18.2 Å². The van der Waals surface area contributed by atoms with Gasteiger partial charge in [-0.2, -0.15) is 0 Å². The smallest absolute Gasteiger partial charge is 0.251 e. The van der Waals surface area contributed by atoms with Gasteiger partial charge in [0.25, 0.3) is 5.91 Å². The Morgan fingerprint density at radius 1 is 1.19 bits per heavy atom. The van der Waals surface area contributed by atoms with Crippen LogP contribution < -0.4 is 10.2 Å². The molecule has 2 heterocycles. The third kappa shape index (κ3) is 3.55. The number of rotatable bonds is 5. The monoisotopic (exact) mass is 425 g/mol. The fraction of sp³-hybridized carbons (Fsp3) is 0.238. The number of carbonyl (C=O) groups is 2. The number of hydrogen-bond donors (Lipinski definition) is 2. The SMILES string of the molecule is Cc1ccc2[nH]cc(CCN[C@@H]3CC(=O)N(c4ccc(Br)cc4)C3=O)c2c1. The van der Waals surface area contributed by atoms with Crippen LogP contribution in [0.15, 0.2) is 53.1 Å². The molecule has 1 aromatic heterocycles. The molecule has 0 aliphatic carbocycles. The lowest BCUT2D eigenvalue weighted by Gasteiger charge is -2.15. The number of hydrogen-bond acceptors (Lipinski definition) is 3. The normalized spacial score (nSPS) is 17.3. The molecular weight excluding hydrogens is 406 g/mol. The average molecular weight is 426 g/mol. The maximum atomic E-state index is 12.7. The first-order valence-corrected chi connectivity index (χ1v) is 9.74. The second kappa shape index (κ2) is 7.29. The van der Waals surface area contributed by atoms with Crippen LogP contribution in [0.1, 0.15) is 17.5 Å². The molecule has 0 bridgehead atoms. The number of aryl methyl sites for hydroxylation is 1. The third-order valence-electron chi connectivity index (χ3n) is 4.94. The molecule has 1 aliphatic rings. The van der Waals surface area contributed by atoms with Crippen LogP contribution >= 0.6 is 15.9 Å². The molecule has 4 rings (SSSR count). The average Bonchev–Trinajstić information content (AvgIpc) is 3.17. The molecule has 1 fully saturated rings. The Balaban J connectivity index is 1.41. The molecule has 2 aromatic carbocycles. The van der Waals surface area contributed by atoms with Gasteiger partial charge >= 0.3 is 0 Å². The lowest BCUT2D eigenvalue weighted by atomic mass is 10.1. The summed E-state index contributed by atoms with van der Waals surface area (Å²) in [5.74, 6) is -0.348. The van der Waals surface area contributed by atoms with Crippen LogP contribution in [0.3, 0.4) is 0 Å². The van der Waals surface area contributed by atoms with Crippen molar-refractivity contribution in [1.82, 2.24) is 10.3 Å². The molecule has 1 atom stereocenters. The highest BCUT2D eigenvalue weighted by Crippen LogP contribution is 2.25. The summed E-state index contributed by atoms with van der Waals surface area (Å²) in [5.41, 5.74) is 4.16. The van der Waals surface area contributed by atoms with Crippen molar-refractivity contribution in [3.05, 3.63) is 64.3 Å². The number of benzene rings is 2. The molecule has 2 amide bonds. The largest absolute Gasteiger partial charge is 0.361 e. The van der Waals surface area contributed by atoms with E-state index >= 15 is 0 Å². The van der Waals surface area contributed by atoms with Crippen molar-refractivity contribution in [2.24, 2.45) is 0 Å². The van der Waals surface area contributed by atoms with E-state index in [1.54, 1.807) is 12.1 Å². The standard InChI is InChI=1S/C21H20BrN3O2/c1-13-2-7-18-17(10-13)14(12-24-18)8-9-23-19-11-20(26)25(21(19)27)16-5-3-15(22)4-6-16/h2-7,10,12,19,23-24H,8-9,11H2,1H3/t19-/m1/s1. The third-order valence-corrected chi connectivity index (χ3v) is 5.47. The van der Waals surface area contributed by atoms with Gasteiger partial charge in [0, 0.05) is 28.1 Å². The quantitative estimate of drug-likeness (QED) is 0.612. The number of nitrogens with zero attached hydrogens (tertiary/aromatic N) is 1. The first kappa shape index (κ1) is 17.9. The van der Waals surface area contributed by atoms with E-state index in [4.69, 9.17) is 0 Å². The van der Waals surface area contributed by atoms with Crippen LogP contribution in [0.2, 0.25) is 0 Å². The predicted octanol–water partition coefficient (Wildman–Crippen LogP) is 3.70. The second-order valence-electron chi connectivity index (χ2n) is 6.87. The molecular formula is C21H20BrN3O2. The highest BCUT2D eigenvalue weighted by molar-refractivity contribution is 9.10. The molecule has 1 saturated heterocycles. The van der Waals surface area contributed by atoms with Crippen molar-refractivity contribution >= 4 is 44.3 Å². The number of carbonyl (C=O) groups excluding carboxylic acids is 2. The highest BCUT2D eigenvalue weighted by Gasteiger charge is 2.39. The number of nitrogens with one attached hydrogen (secondary N) is 2. The molecule has 0 spiro atoms. The first-order chi connectivity index (χ1) is 13.0. The van der Waals surface area contributed by atoms with Crippen molar-refractivity contribution < 1.29 is 9.59 Å². The van der Waals surface area contributed by atoms with Gasteiger partial charge in [-0.1, -0.05) is 27.6 Å². The Kier molecular flexibility index (Phi) is 4.85. The predicted molar refractivity (Wildman–Crippen MR) is 110 cm³/mol. The fourth-order valence-electron chi connectivity index (χ4n) is 3.53. The number of halogens is 1. The minimum Gasteiger partial charge on any atom is -0.361 e. The Bertz CT molecular complexity index is 1010. The van der Waals surface area contributed by atoms with Crippen molar-refractivity contribution in [2.75, 3.05) is 11.4 Å². The molecule has 0 unspecified atom stereocenters. The van der Waals surface area contributed by atoms with Crippen LogP contribution in [0.25, 0.3) is 10.9 Å². The molecule has 6 heteroatoms. The molecule has 1 aliphatic heterocycles. The zero-order chi connectivity index (χ0) is 19.0. The molecule has 2 N–H and O–H groups in total. The van der Waals surface area contributed by atoms with Gasteiger partial charge in [-0.15, -0.1) is 0 Å². The van der Waals surface area contributed by atoms with Crippen molar-refractivity contribution in [2.45, 2.75) is 25.8 Å². The van der Waals surface area contributed by atoms with Crippen LogP contribution in [0.4, 0.5) is 5.69 Å². The second-order valence-corrected chi connectivity index (χ2v) is 7.78. The number of anilines is 1. The lowest BCUT2D eigenvalue weighted by Crippen LogP contribution is -2.39. The van der Waals surface area contributed by atoms with E-state index in [2.05, 4.69) is 51.4 Å². The van der Waals surface area contributed by atoms with E-state index < -0.39 is 6.04 Å². The lowest BCUT2D eigenvalue weighted by molar-refractivity contribution is -0.121. The summed E-state index contributed by atoms with van der Waals surface area (Å²) in [6, 6.07) is 13.1. The van der Waals surface area contributed by atoms with Gasteiger partial charge < -0.3 is 10.3 Å². The minimum absolute atomic E-state index is 0.164. The number of aromatic nitrogens is 1. The zero-order valence-electron chi connectivity index (χ0n) is 15.0. The van der Waals surface area contributed by atoms with Crippen LogP contribution in [-0.4, -0.2) is 29.4 Å². The summed E-state index contributed by atoms with van der Waals surface area (Å²) < 4.78 is 0.911. The van der Waals surface area contributed by atoms with Gasteiger partial charge in [0.1, 0.15) is 0 Å². The van der Waals surface area contributed by atoms with E-state index in [1.807, 2.05) is 18.3 Å². The number of amides is 2. The van der Waals surface area contributed by atoms with Crippen LogP contribution in [-0.2, 0) is 16.0 Å². The van der Waals surface area contributed by atoms with Crippen molar-refractivity contribution in [3.8, 4) is 0 Å². The molecule has 0 saturated carbocycles. The molecule has 5 nitrogen and oxygen atoms in total. The summed E-state index contributed by atoms with van der Waals surface area (Å²) in [4.78, 5) is 29.6. The van der Waals surface area contributed by atoms with E-state index in [9.17, 15) is 9.59 Å². The maximum absolute atomic E-state index is 12.7. The minimum atomic E-state index is -0.465. The van der Waals surface area contributed by atoms with E-state index in [1.165, 1.54) is 21.4 Å².